The van der Waals surface area contributed by atoms with Crippen LogP contribution >= 0.6 is 0 Å². The first-order chi connectivity index (χ1) is 9.62. The third-order valence-electron chi connectivity index (χ3n) is 2.65. The van der Waals surface area contributed by atoms with Crippen molar-refractivity contribution in [3.8, 4) is 0 Å². The van der Waals surface area contributed by atoms with Gasteiger partial charge in [-0.15, -0.1) is 5.10 Å². The zero-order chi connectivity index (χ0) is 14.4. The van der Waals surface area contributed by atoms with Crippen LogP contribution in [0.15, 0.2) is 35.6 Å². The minimum absolute atomic E-state index is 0.135. The number of aryl methyl sites for hydroxylation is 1. The second-order valence-electron chi connectivity index (χ2n) is 4.11. The van der Waals surface area contributed by atoms with Gasteiger partial charge in [-0.05, 0) is 18.6 Å². The molecule has 0 unspecified atom stereocenters. The SMILES string of the molecule is NCc1ccc(S(=O)(=O)NCCCn2ccnn2)cn1. The molecule has 2 aromatic rings. The van der Waals surface area contributed by atoms with Gasteiger partial charge in [0.25, 0.3) is 0 Å². The number of nitrogens with one attached hydrogen (secondary N) is 1. The maximum atomic E-state index is 12.0. The number of hydrogen-bond acceptors (Lipinski definition) is 6. The van der Waals surface area contributed by atoms with Gasteiger partial charge in [0.15, 0.2) is 0 Å². The summed E-state index contributed by atoms with van der Waals surface area (Å²) in [7, 11) is -3.52. The van der Waals surface area contributed by atoms with Crippen molar-refractivity contribution in [1.82, 2.24) is 24.7 Å². The van der Waals surface area contributed by atoms with Crippen LogP contribution in [0.3, 0.4) is 0 Å². The molecular weight excluding hydrogens is 280 g/mol. The number of hydrogen-bond donors (Lipinski definition) is 2. The molecule has 2 heterocycles. The van der Waals surface area contributed by atoms with Gasteiger partial charge in [0.1, 0.15) is 4.90 Å². The average molecular weight is 296 g/mol. The van der Waals surface area contributed by atoms with E-state index in [1.165, 1.54) is 12.3 Å². The van der Waals surface area contributed by atoms with Crippen molar-refractivity contribution in [1.29, 1.82) is 0 Å². The molecule has 0 bridgehead atoms. The molecule has 0 radical (unpaired) electrons. The van der Waals surface area contributed by atoms with Crippen molar-refractivity contribution in [3.05, 3.63) is 36.4 Å². The molecule has 0 saturated carbocycles. The molecule has 0 aliphatic carbocycles. The van der Waals surface area contributed by atoms with Crippen LogP contribution in [0.1, 0.15) is 12.1 Å². The first kappa shape index (κ1) is 14.6. The Labute approximate surface area is 117 Å². The maximum absolute atomic E-state index is 12.0. The first-order valence-electron chi connectivity index (χ1n) is 6.10. The zero-order valence-electron chi connectivity index (χ0n) is 10.8. The zero-order valence-corrected chi connectivity index (χ0v) is 11.6. The highest BCUT2D eigenvalue weighted by Gasteiger charge is 2.13. The quantitative estimate of drug-likeness (QED) is 0.665. The fraction of sp³-hybridized carbons (Fsp3) is 0.364. The van der Waals surface area contributed by atoms with Crippen LogP contribution in [0.25, 0.3) is 0 Å². The highest BCUT2D eigenvalue weighted by atomic mass is 32.2. The van der Waals surface area contributed by atoms with Gasteiger partial charge >= 0.3 is 0 Å². The van der Waals surface area contributed by atoms with E-state index in [1.807, 2.05) is 0 Å². The molecule has 0 amide bonds. The van der Waals surface area contributed by atoms with Gasteiger partial charge in [-0.1, -0.05) is 5.21 Å². The molecule has 0 saturated heterocycles. The standard InChI is InChI=1S/C11H16N6O2S/c12-8-10-2-3-11(9-13-10)20(18,19)15-4-1-6-17-7-5-14-16-17/h2-3,5,7,9,15H,1,4,6,8,12H2. The van der Waals surface area contributed by atoms with E-state index in [1.54, 1.807) is 23.1 Å². The molecule has 3 N–H and O–H groups in total. The third-order valence-corrected chi connectivity index (χ3v) is 4.09. The molecule has 0 spiro atoms. The van der Waals surface area contributed by atoms with E-state index in [0.29, 0.717) is 25.2 Å². The Morgan fingerprint density at radius 1 is 1.35 bits per heavy atom. The van der Waals surface area contributed by atoms with Crippen LogP contribution in [0, 0.1) is 0 Å². The molecule has 0 aliphatic heterocycles. The highest BCUT2D eigenvalue weighted by molar-refractivity contribution is 7.89. The Balaban J connectivity index is 1.86. The normalized spacial score (nSPS) is 11.7. The molecule has 2 aromatic heterocycles. The van der Waals surface area contributed by atoms with Gasteiger partial charge in [-0.2, -0.15) is 0 Å². The topological polar surface area (TPSA) is 116 Å². The highest BCUT2D eigenvalue weighted by Crippen LogP contribution is 2.07. The average Bonchev–Trinajstić information content (AvgIpc) is 2.97. The van der Waals surface area contributed by atoms with Crippen molar-refractivity contribution < 1.29 is 8.42 Å². The number of sulfonamides is 1. The Hall–Kier alpha value is -1.84. The summed E-state index contributed by atoms with van der Waals surface area (Å²) in [5.74, 6) is 0. The van der Waals surface area contributed by atoms with Crippen LogP contribution in [0.2, 0.25) is 0 Å². The number of pyridine rings is 1. The fourth-order valence-corrected chi connectivity index (χ4v) is 2.59. The largest absolute Gasteiger partial charge is 0.325 e. The van der Waals surface area contributed by atoms with E-state index in [2.05, 4.69) is 20.0 Å². The van der Waals surface area contributed by atoms with Gasteiger partial charge < -0.3 is 5.73 Å². The lowest BCUT2D eigenvalue weighted by atomic mass is 10.4. The lowest BCUT2D eigenvalue weighted by Gasteiger charge is -2.07. The predicted octanol–water partition coefficient (Wildman–Crippen LogP) is -0.500. The maximum Gasteiger partial charge on any atom is 0.242 e. The number of nitrogens with zero attached hydrogens (tertiary/aromatic N) is 4. The summed E-state index contributed by atoms with van der Waals surface area (Å²) in [5.41, 5.74) is 6.06. The number of nitrogens with two attached hydrogens (primary N) is 1. The Bertz CT molecular complexity index is 623. The van der Waals surface area contributed by atoms with E-state index >= 15 is 0 Å². The summed E-state index contributed by atoms with van der Waals surface area (Å²) in [4.78, 5) is 4.10. The second-order valence-corrected chi connectivity index (χ2v) is 5.87. The van der Waals surface area contributed by atoms with E-state index in [-0.39, 0.29) is 11.4 Å². The van der Waals surface area contributed by atoms with Crippen LogP contribution in [0.4, 0.5) is 0 Å². The molecule has 0 fully saturated rings. The van der Waals surface area contributed by atoms with Crippen molar-refractivity contribution >= 4 is 10.0 Å². The summed E-state index contributed by atoms with van der Waals surface area (Å²) < 4.78 is 28.1. The number of rotatable bonds is 7. The van der Waals surface area contributed by atoms with Gasteiger partial charge in [-0.3, -0.25) is 9.67 Å². The van der Waals surface area contributed by atoms with Crippen molar-refractivity contribution in [2.75, 3.05) is 6.54 Å². The van der Waals surface area contributed by atoms with Crippen molar-refractivity contribution in [2.24, 2.45) is 5.73 Å². The minimum atomic E-state index is -3.52. The second kappa shape index (κ2) is 6.55. The Morgan fingerprint density at radius 2 is 2.20 bits per heavy atom. The van der Waals surface area contributed by atoms with Crippen LogP contribution in [-0.2, 0) is 23.1 Å². The lowest BCUT2D eigenvalue weighted by Crippen LogP contribution is -2.25. The molecule has 0 aromatic carbocycles. The Kier molecular flexibility index (Phi) is 4.77. The lowest BCUT2D eigenvalue weighted by molar-refractivity contribution is 0.542. The van der Waals surface area contributed by atoms with Crippen LogP contribution < -0.4 is 10.5 Å². The predicted molar refractivity (Wildman–Crippen MR) is 72.0 cm³/mol. The summed E-state index contributed by atoms with van der Waals surface area (Å²) in [6.45, 7) is 1.21. The minimum Gasteiger partial charge on any atom is -0.325 e. The molecule has 108 valence electrons. The van der Waals surface area contributed by atoms with Gasteiger partial charge in [0, 0.05) is 32.0 Å². The van der Waals surface area contributed by atoms with Crippen molar-refractivity contribution in [3.63, 3.8) is 0 Å². The Morgan fingerprint density at radius 3 is 2.80 bits per heavy atom. The smallest absolute Gasteiger partial charge is 0.242 e. The first-order valence-corrected chi connectivity index (χ1v) is 7.59. The molecule has 8 nitrogen and oxygen atoms in total. The molecule has 2 rings (SSSR count). The summed E-state index contributed by atoms with van der Waals surface area (Å²) in [6, 6.07) is 3.10. The molecule has 9 heteroatoms. The van der Waals surface area contributed by atoms with E-state index in [4.69, 9.17) is 5.73 Å². The van der Waals surface area contributed by atoms with E-state index in [0.717, 1.165) is 0 Å². The molecule has 20 heavy (non-hydrogen) atoms. The van der Waals surface area contributed by atoms with Gasteiger partial charge in [0.2, 0.25) is 10.0 Å². The molecule has 0 atom stereocenters. The summed E-state index contributed by atoms with van der Waals surface area (Å²) in [6.07, 6.45) is 5.23. The van der Waals surface area contributed by atoms with Crippen LogP contribution in [0.5, 0.6) is 0 Å². The fourth-order valence-electron chi connectivity index (χ4n) is 1.57. The summed E-state index contributed by atoms with van der Waals surface area (Å²) in [5, 5.41) is 7.46. The third kappa shape index (κ3) is 3.83. The molecule has 0 aliphatic rings. The van der Waals surface area contributed by atoms with Crippen molar-refractivity contribution in [2.45, 2.75) is 24.4 Å². The van der Waals surface area contributed by atoms with Gasteiger partial charge in [-0.25, -0.2) is 13.1 Å². The van der Waals surface area contributed by atoms with Crippen LogP contribution in [-0.4, -0.2) is 34.9 Å². The number of aromatic nitrogens is 4. The van der Waals surface area contributed by atoms with E-state index < -0.39 is 10.0 Å². The van der Waals surface area contributed by atoms with Gasteiger partial charge in [0.05, 0.1) is 11.9 Å². The summed E-state index contributed by atoms with van der Waals surface area (Å²) >= 11 is 0. The monoisotopic (exact) mass is 296 g/mol. The molecular formula is C11H16N6O2S. The van der Waals surface area contributed by atoms with E-state index in [9.17, 15) is 8.42 Å².